The molecule has 0 N–H and O–H groups in total. The van der Waals surface area contributed by atoms with Gasteiger partial charge in [0, 0.05) is 13.1 Å². The summed E-state index contributed by atoms with van der Waals surface area (Å²) >= 11 is 11.8. The lowest BCUT2D eigenvalue weighted by atomic mass is 10.2. The van der Waals surface area contributed by atoms with Crippen LogP contribution in [0.4, 0.5) is 0 Å². The van der Waals surface area contributed by atoms with Crippen LogP contribution in [0.5, 0.6) is 0 Å². The van der Waals surface area contributed by atoms with Crippen molar-refractivity contribution in [1.82, 2.24) is 4.31 Å². The predicted octanol–water partition coefficient (Wildman–Crippen LogP) is 4.30. The minimum atomic E-state index is -3.54. The molecule has 20 heavy (non-hydrogen) atoms. The minimum absolute atomic E-state index is 0.188. The summed E-state index contributed by atoms with van der Waals surface area (Å²) < 4.78 is 26.9. The largest absolute Gasteiger partial charge is 0.243 e. The molecule has 0 aliphatic heterocycles. The Balaban J connectivity index is 3.17. The smallest absolute Gasteiger partial charge is 0.207 e. The van der Waals surface area contributed by atoms with Crippen LogP contribution in [0.25, 0.3) is 0 Å². The van der Waals surface area contributed by atoms with Gasteiger partial charge in [0.1, 0.15) is 0 Å². The van der Waals surface area contributed by atoms with Gasteiger partial charge in [-0.25, -0.2) is 8.42 Å². The van der Waals surface area contributed by atoms with Gasteiger partial charge >= 0.3 is 0 Å². The molecule has 1 aromatic carbocycles. The number of halogens is 2. The normalized spacial score (nSPS) is 12.7. The Morgan fingerprint density at radius 3 is 1.90 bits per heavy atom. The van der Waals surface area contributed by atoms with Crippen LogP contribution in [0.2, 0.25) is 10.0 Å². The van der Waals surface area contributed by atoms with Crippen LogP contribution in [0.3, 0.4) is 0 Å². The molecule has 0 amide bonds. The molecule has 114 valence electrons. The maximum Gasteiger partial charge on any atom is 0.243 e. The first-order valence-electron chi connectivity index (χ1n) is 6.59. The molecule has 0 radical (unpaired) electrons. The van der Waals surface area contributed by atoms with E-state index in [2.05, 4.69) is 0 Å². The highest BCUT2D eigenvalue weighted by Gasteiger charge is 2.26. The molecule has 0 aromatic heterocycles. The van der Waals surface area contributed by atoms with Gasteiger partial charge in [0.05, 0.1) is 14.9 Å². The van der Waals surface area contributed by atoms with Gasteiger partial charge in [-0.2, -0.15) is 4.31 Å². The van der Waals surface area contributed by atoms with E-state index >= 15 is 0 Å². The first kappa shape index (κ1) is 17.8. The Morgan fingerprint density at radius 1 is 1.00 bits per heavy atom. The van der Waals surface area contributed by atoms with Crippen LogP contribution in [0.1, 0.15) is 27.7 Å². The third kappa shape index (κ3) is 4.62. The van der Waals surface area contributed by atoms with Crippen LogP contribution in [0.15, 0.2) is 23.1 Å². The molecular formula is C14H21Cl2NO2S. The second-order valence-electron chi connectivity index (χ2n) is 5.69. The number of nitrogens with zero attached hydrogens (tertiary/aromatic N) is 1. The van der Waals surface area contributed by atoms with Gasteiger partial charge < -0.3 is 0 Å². The zero-order valence-corrected chi connectivity index (χ0v) is 14.6. The monoisotopic (exact) mass is 337 g/mol. The third-order valence-electron chi connectivity index (χ3n) is 2.67. The molecule has 0 atom stereocenters. The van der Waals surface area contributed by atoms with Crippen molar-refractivity contribution < 1.29 is 8.42 Å². The highest BCUT2D eigenvalue weighted by Crippen LogP contribution is 2.27. The molecule has 6 heteroatoms. The molecule has 0 aliphatic carbocycles. The quantitative estimate of drug-likeness (QED) is 0.776. The fourth-order valence-electron chi connectivity index (χ4n) is 1.87. The van der Waals surface area contributed by atoms with Gasteiger partial charge in [0.15, 0.2) is 0 Å². The lowest BCUT2D eigenvalue weighted by Crippen LogP contribution is -2.37. The highest BCUT2D eigenvalue weighted by atomic mass is 35.5. The number of hydrogen-bond acceptors (Lipinski definition) is 2. The number of hydrogen-bond donors (Lipinski definition) is 0. The summed E-state index contributed by atoms with van der Waals surface area (Å²) in [4.78, 5) is 0.188. The van der Waals surface area contributed by atoms with E-state index < -0.39 is 10.0 Å². The van der Waals surface area contributed by atoms with Crippen molar-refractivity contribution in [2.75, 3.05) is 13.1 Å². The molecule has 1 rings (SSSR count). The van der Waals surface area contributed by atoms with Crippen molar-refractivity contribution in [1.29, 1.82) is 0 Å². The Kier molecular flexibility index (Phi) is 6.32. The summed E-state index contributed by atoms with van der Waals surface area (Å²) in [6.45, 7) is 8.96. The average Bonchev–Trinajstić information content (AvgIpc) is 2.30. The van der Waals surface area contributed by atoms with E-state index in [0.717, 1.165) is 0 Å². The maximum atomic E-state index is 12.7. The highest BCUT2D eigenvalue weighted by molar-refractivity contribution is 7.89. The van der Waals surface area contributed by atoms with Gasteiger partial charge in [-0.15, -0.1) is 0 Å². The molecule has 0 bridgehead atoms. The van der Waals surface area contributed by atoms with Crippen molar-refractivity contribution in [2.45, 2.75) is 32.6 Å². The van der Waals surface area contributed by atoms with Crippen LogP contribution in [0, 0.1) is 11.8 Å². The predicted molar refractivity (Wildman–Crippen MR) is 84.9 cm³/mol. The second kappa shape index (κ2) is 7.12. The van der Waals surface area contributed by atoms with E-state index in [-0.39, 0.29) is 21.8 Å². The Morgan fingerprint density at radius 2 is 1.50 bits per heavy atom. The van der Waals surface area contributed by atoms with Crippen molar-refractivity contribution in [2.24, 2.45) is 11.8 Å². The summed E-state index contributed by atoms with van der Waals surface area (Å²) in [6, 6.07) is 4.42. The molecule has 0 heterocycles. The van der Waals surface area contributed by atoms with Crippen LogP contribution in [-0.2, 0) is 10.0 Å². The summed E-state index contributed by atoms with van der Waals surface area (Å²) in [6.07, 6.45) is 0. The maximum absolute atomic E-state index is 12.7. The molecule has 0 fully saturated rings. The summed E-state index contributed by atoms with van der Waals surface area (Å²) in [5, 5.41) is 0.603. The third-order valence-corrected chi connectivity index (χ3v) is 5.23. The average molecular weight is 338 g/mol. The number of rotatable bonds is 6. The Hall–Kier alpha value is -0.290. The van der Waals surface area contributed by atoms with Crippen molar-refractivity contribution in [3.63, 3.8) is 0 Å². The van der Waals surface area contributed by atoms with E-state index in [1.165, 1.54) is 22.5 Å². The van der Waals surface area contributed by atoms with Crippen molar-refractivity contribution >= 4 is 33.2 Å². The molecule has 3 nitrogen and oxygen atoms in total. The van der Waals surface area contributed by atoms with Crippen LogP contribution >= 0.6 is 23.2 Å². The van der Waals surface area contributed by atoms with E-state index in [1.54, 1.807) is 0 Å². The van der Waals surface area contributed by atoms with E-state index in [9.17, 15) is 8.42 Å². The van der Waals surface area contributed by atoms with Crippen molar-refractivity contribution in [3.8, 4) is 0 Å². The zero-order chi connectivity index (χ0) is 15.5. The molecular weight excluding hydrogens is 317 g/mol. The van der Waals surface area contributed by atoms with E-state index in [1.807, 2.05) is 27.7 Å². The van der Waals surface area contributed by atoms with E-state index in [4.69, 9.17) is 23.2 Å². The van der Waals surface area contributed by atoms with Gasteiger partial charge in [0.25, 0.3) is 0 Å². The van der Waals surface area contributed by atoms with Crippen molar-refractivity contribution in [3.05, 3.63) is 28.2 Å². The lowest BCUT2D eigenvalue weighted by molar-refractivity contribution is 0.333. The SMILES string of the molecule is CC(C)CN(CC(C)C)S(=O)(=O)c1ccc(Cl)c(Cl)c1. The number of sulfonamides is 1. The lowest BCUT2D eigenvalue weighted by Gasteiger charge is -2.25. The van der Waals surface area contributed by atoms with Gasteiger partial charge in [-0.3, -0.25) is 0 Å². The Labute approximate surface area is 131 Å². The minimum Gasteiger partial charge on any atom is -0.207 e. The topological polar surface area (TPSA) is 37.4 Å². The standard InChI is InChI=1S/C14H21Cl2NO2S/c1-10(2)8-17(9-11(3)4)20(18,19)12-5-6-13(15)14(16)7-12/h5-7,10-11H,8-9H2,1-4H3. The fraction of sp³-hybridized carbons (Fsp3) is 0.571. The summed E-state index contributed by atoms with van der Waals surface area (Å²) in [7, 11) is -3.54. The molecule has 0 aliphatic rings. The molecule has 0 saturated carbocycles. The summed E-state index contributed by atoms with van der Waals surface area (Å²) in [5.74, 6) is 0.512. The number of benzene rings is 1. The first-order chi connectivity index (χ1) is 9.14. The summed E-state index contributed by atoms with van der Waals surface area (Å²) in [5.41, 5.74) is 0. The first-order valence-corrected chi connectivity index (χ1v) is 8.79. The van der Waals surface area contributed by atoms with Gasteiger partial charge in [-0.1, -0.05) is 50.9 Å². The van der Waals surface area contributed by atoms with Gasteiger partial charge in [0.2, 0.25) is 10.0 Å². The van der Waals surface area contributed by atoms with Gasteiger partial charge in [-0.05, 0) is 30.0 Å². The van der Waals surface area contributed by atoms with Crippen LogP contribution in [-0.4, -0.2) is 25.8 Å². The molecule has 0 spiro atoms. The molecule has 0 saturated heterocycles. The molecule has 0 unspecified atom stereocenters. The zero-order valence-electron chi connectivity index (χ0n) is 12.2. The molecule has 1 aromatic rings. The fourth-order valence-corrected chi connectivity index (χ4v) is 4.03. The second-order valence-corrected chi connectivity index (χ2v) is 8.44. The van der Waals surface area contributed by atoms with Crippen LogP contribution < -0.4 is 0 Å². The Bertz CT molecular complexity index is 546. The van der Waals surface area contributed by atoms with E-state index in [0.29, 0.717) is 18.1 Å².